The molecule has 132 valence electrons. The average molecular weight is 354 g/mol. The van der Waals surface area contributed by atoms with Gasteiger partial charge in [0.15, 0.2) is 0 Å². The van der Waals surface area contributed by atoms with Crippen LogP contribution in [0.15, 0.2) is 29.2 Å². The standard InChI is InChI=1S/C16H22N2O5S/c1-3-23-16(20)13-5-4-10-18(11-13)24(21,22)15-8-6-14(7-9-15)17-12(2)19/h6-9,13H,3-5,10-11H2,1-2H3,(H,17,19)/t13-/m0/s1. The number of rotatable bonds is 5. The molecule has 1 aromatic rings. The number of carbonyl (C=O) groups is 2. The number of sulfonamides is 1. The van der Waals surface area contributed by atoms with Crippen LogP contribution in [0.3, 0.4) is 0 Å². The van der Waals surface area contributed by atoms with Crippen LogP contribution in [0.25, 0.3) is 0 Å². The lowest BCUT2D eigenvalue weighted by atomic mass is 10.0. The molecule has 1 aliphatic rings. The zero-order valence-corrected chi connectivity index (χ0v) is 14.6. The molecule has 7 nitrogen and oxygen atoms in total. The van der Waals surface area contributed by atoms with E-state index < -0.39 is 15.9 Å². The topological polar surface area (TPSA) is 92.8 Å². The molecule has 0 spiro atoms. The van der Waals surface area contributed by atoms with E-state index in [1.165, 1.54) is 23.4 Å². The van der Waals surface area contributed by atoms with Crippen molar-refractivity contribution in [2.24, 2.45) is 5.92 Å². The zero-order valence-electron chi connectivity index (χ0n) is 13.8. The van der Waals surface area contributed by atoms with Gasteiger partial charge in [-0.25, -0.2) is 8.42 Å². The lowest BCUT2D eigenvalue weighted by Gasteiger charge is -2.30. The van der Waals surface area contributed by atoms with Crippen molar-refractivity contribution in [3.8, 4) is 0 Å². The number of ether oxygens (including phenoxy) is 1. The van der Waals surface area contributed by atoms with Crippen LogP contribution in [0.2, 0.25) is 0 Å². The summed E-state index contributed by atoms with van der Waals surface area (Å²) in [5, 5.41) is 2.59. The number of anilines is 1. The summed E-state index contributed by atoms with van der Waals surface area (Å²) in [4.78, 5) is 23.0. The van der Waals surface area contributed by atoms with Gasteiger partial charge in [-0.15, -0.1) is 0 Å². The minimum absolute atomic E-state index is 0.134. The van der Waals surface area contributed by atoms with Gasteiger partial charge in [0.2, 0.25) is 15.9 Å². The fourth-order valence-electron chi connectivity index (χ4n) is 2.68. The molecule has 1 aliphatic heterocycles. The first-order valence-electron chi connectivity index (χ1n) is 7.89. The van der Waals surface area contributed by atoms with Gasteiger partial charge >= 0.3 is 5.97 Å². The van der Waals surface area contributed by atoms with Crippen molar-refractivity contribution in [3.63, 3.8) is 0 Å². The summed E-state index contributed by atoms with van der Waals surface area (Å²) in [5.74, 6) is -0.996. The number of hydrogen-bond donors (Lipinski definition) is 1. The van der Waals surface area contributed by atoms with Gasteiger partial charge in [0.05, 0.1) is 17.4 Å². The first-order chi connectivity index (χ1) is 11.3. The first kappa shape index (κ1) is 18.4. The predicted octanol–water partition coefficient (Wildman–Crippen LogP) is 1.61. The van der Waals surface area contributed by atoms with Crippen LogP contribution < -0.4 is 5.32 Å². The number of carbonyl (C=O) groups excluding carboxylic acids is 2. The first-order valence-corrected chi connectivity index (χ1v) is 9.33. The van der Waals surface area contributed by atoms with Gasteiger partial charge in [0.25, 0.3) is 0 Å². The van der Waals surface area contributed by atoms with Crippen LogP contribution >= 0.6 is 0 Å². The lowest BCUT2D eigenvalue weighted by molar-refractivity contribution is -0.149. The molecule has 0 aromatic heterocycles. The Morgan fingerprint density at radius 3 is 2.54 bits per heavy atom. The highest BCUT2D eigenvalue weighted by atomic mass is 32.2. The monoisotopic (exact) mass is 354 g/mol. The van der Waals surface area contributed by atoms with E-state index >= 15 is 0 Å². The van der Waals surface area contributed by atoms with Gasteiger partial charge in [-0.05, 0) is 44.0 Å². The molecule has 1 heterocycles. The van der Waals surface area contributed by atoms with Crippen molar-refractivity contribution in [2.45, 2.75) is 31.6 Å². The molecule has 8 heteroatoms. The molecule has 1 N–H and O–H groups in total. The van der Waals surface area contributed by atoms with Crippen molar-refractivity contribution in [2.75, 3.05) is 25.0 Å². The molecule has 2 rings (SSSR count). The minimum Gasteiger partial charge on any atom is -0.466 e. The zero-order chi connectivity index (χ0) is 17.7. The molecule has 24 heavy (non-hydrogen) atoms. The Kier molecular flexibility index (Phi) is 5.95. The fourth-order valence-corrected chi connectivity index (χ4v) is 4.20. The SMILES string of the molecule is CCOC(=O)[C@H]1CCCN(S(=O)(=O)c2ccc(NC(C)=O)cc2)C1. The highest BCUT2D eigenvalue weighted by molar-refractivity contribution is 7.89. The summed E-state index contributed by atoms with van der Waals surface area (Å²) in [5.41, 5.74) is 0.532. The van der Waals surface area contributed by atoms with E-state index in [9.17, 15) is 18.0 Å². The number of amides is 1. The van der Waals surface area contributed by atoms with Gasteiger partial charge in [-0.2, -0.15) is 4.31 Å². The van der Waals surface area contributed by atoms with E-state index in [4.69, 9.17) is 4.74 Å². The third-order valence-electron chi connectivity index (χ3n) is 3.82. The normalized spacial score (nSPS) is 18.8. The van der Waals surface area contributed by atoms with Crippen molar-refractivity contribution >= 4 is 27.6 Å². The second kappa shape index (κ2) is 7.76. The molecule has 0 radical (unpaired) electrons. The Morgan fingerprint density at radius 1 is 1.29 bits per heavy atom. The maximum absolute atomic E-state index is 12.7. The van der Waals surface area contributed by atoms with Crippen LogP contribution in [0, 0.1) is 5.92 Å². The van der Waals surface area contributed by atoms with E-state index in [0.29, 0.717) is 25.1 Å². The molecule has 1 aromatic carbocycles. The predicted molar refractivity (Wildman–Crippen MR) is 88.9 cm³/mol. The smallest absolute Gasteiger partial charge is 0.310 e. The van der Waals surface area contributed by atoms with E-state index in [-0.39, 0.29) is 29.9 Å². The van der Waals surface area contributed by atoms with Crippen LogP contribution in [-0.2, 0) is 24.3 Å². The molecular formula is C16H22N2O5S. The van der Waals surface area contributed by atoms with Crippen molar-refractivity contribution in [1.29, 1.82) is 0 Å². The summed E-state index contributed by atoms with van der Waals surface area (Å²) in [6.07, 6.45) is 1.25. The van der Waals surface area contributed by atoms with Crippen molar-refractivity contribution in [1.82, 2.24) is 4.31 Å². The molecule has 0 bridgehead atoms. The number of hydrogen-bond acceptors (Lipinski definition) is 5. The number of benzene rings is 1. The molecular weight excluding hydrogens is 332 g/mol. The average Bonchev–Trinajstić information content (AvgIpc) is 2.55. The molecule has 1 saturated heterocycles. The van der Waals surface area contributed by atoms with Gasteiger partial charge in [0, 0.05) is 25.7 Å². The molecule has 0 unspecified atom stereocenters. The van der Waals surface area contributed by atoms with Crippen molar-refractivity contribution < 1.29 is 22.7 Å². The van der Waals surface area contributed by atoms with Crippen LogP contribution in [0.5, 0.6) is 0 Å². The summed E-state index contributed by atoms with van der Waals surface area (Å²) in [6.45, 7) is 3.91. The summed E-state index contributed by atoms with van der Waals surface area (Å²) < 4.78 is 31.8. The van der Waals surface area contributed by atoms with Crippen molar-refractivity contribution in [3.05, 3.63) is 24.3 Å². The second-order valence-electron chi connectivity index (χ2n) is 5.66. The minimum atomic E-state index is -3.68. The van der Waals surface area contributed by atoms with E-state index in [1.54, 1.807) is 19.1 Å². The number of piperidine rings is 1. The fraction of sp³-hybridized carbons (Fsp3) is 0.500. The lowest BCUT2D eigenvalue weighted by Crippen LogP contribution is -2.42. The van der Waals surface area contributed by atoms with Gasteiger partial charge in [-0.1, -0.05) is 0 Å². The van der Waals surface area contributed by atoms with E-state index in [1.807, 2.05) is 0 Å². The summed E-state index contributed by atoms with van der Waals surface area (Å²) in [6, 6.07) is 5.99. The molecule has 0 aliphatic carbocycles. The third-order valence-corrected chi connectivity index (χ3v) is 5.70. The quantitative estimate of drug-likeness (QED) is 0.811. The second-order valence-corrected chi connectivity index (χ2v) is 7.60. The number of nitrogens with zero attached hydrogens (tertiary/aromatic N) is 1. The largest absolute Gasteiger partial charge is 0.466 e. The molecule has 1 amide bonds. The molecule has 1 atom stereocenters. The Labute approximate surface area is 142 Å². The summed E-state index contributed by atoms with van der Waals surface area (Å²) in [7, 11) is -3.68. The Balaban J connectivity index is 2.14. The highest BCUT2D eigenvalue weighted by Gasteiger charge is 2.33. The highest BCUT2D eigenvalue weighted by Crippen LogP contribution is 2.25. The molecule has 0 saturated carbocycles. The third kappa shape index (κ3) is 4.33. The van der Waals surface area contributed by atoms with E-state index in [0.717, 1.165) is 0 Å². The molecule has 1 fully saturated rings. The Hall–Kier alpha value is -1.93. The Bertz CT molecular complexity index is 700. The Morgan fingerprint density at radius 2 is 1.96 bits per heavy atom. The maximum Gasteiger partial charge on any atom is 0.310 e. The number of esters is 1. The summed E-state index contributed by atoms with van der Waals surface area (Å²) >= 11 is 0. The van der Waals surface area contributed by atoms with E-state index in [2.05, 4.69) is 5.32 Å². The van der Waals surface area contributed by atoms with Crippen LogP contribution in [0.1, 0.15) is 26.7 Å². The van der Waals surface area contributed by atoms with Gasteiger partial charge < -0.3 is 10.1 Å². The van der Waals surface area contributed by atoms with Gasteiger partial charge in [0.1, 0.15) is 0 Å². The maximum atomic E-state index is 12.7. The number of nitrogens with one attached hydrogen (secondary N) is 1. The van der Waals surface area contributed by atoms with Crippen LogP contribution in [0.4, 0.5) is 5.69 Å². The van der Waals surface area contributed by atoms with Crippen LogP contribution in [-0.4, -0.2) is 44.3 Å². The van der Waals surface area contributed by atoms with Gasteiger partial charge in [-0.3, -0.25) is 9.59 Å².